The fraction of sp³-hybridized carbons (Fsp3) is 0.167. The first-order valence-electron chi connectivity index (χ1n) is 7.37. The molecule has 2 aliphatic rings. The van der Waals surface area contributed by atoms with Gasteiger partial charge in [0.1, 0.15) is 12.2 Å². The molecule has 4 aromatic rings. The van der Waals surface area contributed by atoms with Crippen molar-refractivity contribution in [3.63, 3.8) is 0 Å². The van der Waals surface area contributed by atoms with Crippen molar-refractivity contribution >= 4 is 27.3 Å². The molecule has 0 N–H and O–H groups in total. The van der Waals surface area contributed by atoms with E-state index in [1.807, 2.05) is 0 Å². The van der Waals surface area contributed by atoms with Crippen LogP contribution >= 0.6 is 0 Å². The van der Waals surface area contributed by atoms with Crippen molar-refractivity contribution in [1.29, 1.82) is 0 Å². The lowest BCUT2D eigenvalue weighted by molar-refractivity contribution is -0.497. The van der Waals surface area contributed by atoms with Crippen LogP contribution in [0.3, 0.4) is 0 Å². The molecule has 6 rings (SSSR count). The first-order chi connectivity index (χ1) is 10.3. The summed E-state index contributed by atoms with van der Waals surface area (Å²) in [5, 5.41) is 4.05. The number of aromatic nitrogens is 2. The average molecular weight is 273 g/mol. The zero-order chi connectivity index (χ0) is 13.7. The maximum absolute atomic E-state index is 6.02. The highest BCUT2D eigenvalue weighted by atomic mass is 16.5. The van der Waals surface area contributed by atoms with Crippen molar-refractivity contribution in [3.05, 3.63) is 53.3 Å². The zero-order valence-corrected chi connectivity index (χ0v) is 11.7. The summed E-state index contributed by atoms with van der Waals surface area (Å²) in [7, 11) is 0. The predicted octanol–water partition coefficient (Wildman–Crippen LogP) is 3.10. The minimum Gasteiger partial charge on any atom is -0.480 e. The van der Waals surface area contributed by atoms with Gasteiger partial charge in [0.15, 0.2) is 23.6 Å². The van der Waals surface area contributed by atoms with Gasteiger partial charge in [-0.05, 0) is 12.1 Å². The summed E-state index contributed by atoms with van der Waals surface area (Å²) < 4.78 is 10.9. The Labute approximate surface area is 121 Å². The minimum absolute atomic E-state index is 0.666. The van der Waals surface area contributed by atoms with Gasteiger partial charge in [-0.2, -0.15) is 4.40 Å². The standard InChI is InChI=1S/C18H13N2O/c1-10-14-9-21-15-7-3-6-13-12-5-2-4-11-8-19(10)18(16(11)12)20(14)17(13)15/h2-7H,8-9H2,1H3/q+1. The maximum atomic E-state index is 6.02. The number of fused-ring (bicyclic) bond motifs is 1. The second-order valence-corrected chi connectivity index (χ2v) is 6.06. The molecular formula is C18H13N2O+. The van der Waals surface area contributed by atoms with Crippen LogP contribution in [-0.2, 0) is 13.2 Å². The lowest BCUT2D eigenvalue weighted by Gasteiger charge is -2.14. The molecule has 0 fully saturated rings. The van der Waals surface area contributed by atoms with Gasteiger partial charge in [-0.3, -0.25) is 0 Å². The summed E-state index contributed by atoms with van der Waals surface area (Å²) in [6, 6.07) is 13.1. The first-order valence-corrected chi connectivity index (χ1v) is 7.37. The maximum Gasteiger partial charge on any atom is 0.296 e. The summed E-state index contributed by atoms with van der Waals surface area (Å²) in [5.41, 5.74) is 6.63. The number of benzene rings is 2. The molecule has 2 aromatic heterocycles. The summed E-state index contributed by atoms with van der Waals surface area (Å²) in [5.74, 6) is 1.00. The van der Waals surface area contributed by atoms with Gasteiger partial charge in [0.25, 0.3) is 5.65 Å². The smallest absolute Gasteiger partial charge is 0.296 e. The first kappa shape index (κ1) is 10.2. The highest BCUT2D eigenvalue weighted by Crippen LogP contribution is 2.39. The fourth-order valence-corrected chi connectivity index (χ4v) is 4.20. The van der Waals surface area contributed by atoms with E-state index < -0.39 is 0 Å². The molecule has 0 amide bonds. The number of ether oxygens (including phenoxy) is 1. The molecule has 0 aliphatic carbocycles. The Hall–Kier alpha value is -2.55. The molecule has 3 nitrogen and oxygen atoms in total. The molecule has 21 heavy (non-hydrogen) atoms. The van der Waals surface area contributed by atoms with Crippen molar-refractivity contribution in [2.24, 2.45) is 0 Å². The molecule has 3 heteroatoms. The van der Waals surface area contributed by atoms with Crippen LogP contribution in [0.4, 0.5) is 0 Å². The Morgan fingerprint density at radius 3 is 2.90 bits per heavy atom. The summed E-state index contributed by atoms with van der Waals surface area (Å²) >= 11 is 0. The lowest BCUT2D eigenvalue weighted by atomic mass is 10.0. The number of rotatable bonds is 0. The van der Waals surface area contributed by atoms with E-state index in [9.17, 15) is 0 Å². The van der Waals surface area contributed by atoms with Gasteiger partial charge in [-0.25, -0.2) is 4.57 Å². The highest BCUT2D eigenvalue weighted by molar-refractivity contribution is 6.12. The third-order valence-corrected chi connectivity index (χ3v) is 5.14. The Bertz CT molecular complexity index is 1120. The number of hydrogen-bond acceptors (Lipinski definition) is 1. The number of imidazole rings is 1. The third kappa shape index (κ3) is 0.943. The average Bonchev–Trinajstić information content (AvgIpc) is 3.03. The van der Waals surface area contributed by atoms with Crippen LogP contribution in [0.1, 0.15) is 17.0 Å². The molecule has 2 aromatic carbocycles. The van der Waals surface area contributed by atoms with Crippen molar-refractivity contribution < 1.29 is 9.14 Å². The van der Waals surface area contributed by atoms with Crippen molar-refractivity contribution in [3.8, 4) is 5.75 Å². The summed E-state index contributed by atoms with van der Waals surface area (Å²) in [4.78, 5) is 0. The van der Waals surface area contributed by atoms with Gasteiger partial charge in [0.05, 0.1) is 5.39 Å². The second-order valence-electron chi connectivity index (χ2n) is 6.06. The van der Waals surface area contributed by atoms with Crippen LogP contribution in [0.25, 0.3) is 27.3 Å². The van der Waals surface area contributed by atoms with Crippen molar-refractivity contribution in [2.45, 2.75) is 20.1 Å². The minimum atomic E-state index is 0.666. The quantitative estimate of drug-likeness (QED) is 0.313. The highest BCUT2D eigenvalue weighted by Gasteiger charge is 2.36. The van der Waals surface area contributed by atoms with Crippen LogP contribution < -0.4 is 9.14 Å². The number of para-hydroxylation sites is 1. The molecule has 0 bridgehead atoms. The zero-order valence-electron chi connectivity index (χ0n) is 11.7. The van der Waals surface area contributed by atoms with Crippen LogP contribution in [0, 0.1) is 6.92 Å². The Morgan fingerprint density at radius 1 is 1.10 bits per heavy atom. The molecule has 100 valence electrons. The SMILES string of the molecule is Cc1c2[n+]3c4c(cccc4c4cccc5c4c3n1C5)OC2. The van der Waals surface area contributed by atoms with E-state index in [2.05, 4.69) is 52.3 Å². The fourth-order valence-electron chi connectivity index (χ4n) is 4.20. The Balaban J connectivity index is 2.13. The van der Waals surface area contributed by atoms with Gasteiger partial charge in [-0.1, -0.05) is 24.3 Å². The van der Waals surface area contributed by atoms with Gasteiger partial charge in [0, 0.05) is 23.3 Å². The van der Waals surface area contributed by atoms with E-state index in [4.69, 9.17) is 4.74 Å². The predicted molar refractivity (Wildman–Crippen MR) is 80.8 cm³/mol. The molecule has 0 radical (unpaired) electrons. The van der Waals surface area contributed by atoms with Gasteiger partial charge in [0.2, 0.25) is 0 Å². The van der Waals surface area contributed by atoms with E-state index in [0.29, 0.717) is 6.61 Å². The topological polar surface area (TPSA) is 18.3 Å². The normalized spacial score (nSPS) is 14.9. The monoisotopic (exact) mass is 273 g/mol. The molecule has 0 spiro atoms. The summed E-state index contributed by atoms with van der Waals surface area (Å²) in [6.07, 6.45) is 0. The summed E-state index contributed by atoms with van der Waals surface area (Å²) in [6.45, 7) is 3.86. The largest absolute Gasteiger partial charge is 0.480 e. The van der Waals surface area contributed by atoms with Crippen LogP contribution in [-0.4, -0.2) is 4.57 Å². The van der Waals surface area contributed by atoms with Crippen molar-refractivity contribution in [1.82, 2.24) is 4.57 Å². The van der Waals surface area contributed by atoms with Crippen LogP contribution in [0.5, 0.6) is 5.75 Å². The third-order valence-electron chi connectivity index (χ3n) is 5.14. The van der Waals surface area contributed by atoms with Crippen LogP contribution in [0.15, 0.2) is 36.4 Å². The van der Waals surface area contributed by atoms with E-state index in [1.54, 1.807) is 0 Å². The molecule has 2 aliphatic heterocycles. The number of hydrogen-bond donors (Lipinski definition) is 0. The Morgan fingerprint density at radius 2 is 1.95 bits per heavy atom. The lowest BCUT2D eigenvalue weighted by Crippen LogP contribution is -2.31. The van der Waals surface area contributed by atoms with Gasteiger partial charge >= 0.3 is 0 Å². The number of pyridine rings is 1. The van der Waals surface area contributed by atoms with E-state index >= 15 is 0 Å². The molecular weight excluding hydrogens is 260 g/mol. The van der Waals surface area contributed by atoms with Crippen LogP contribution in [0.2, 0.25) is 0 Å². The van der Waals surface area contributed by atoms with Crippen molar-refractivity contribution in [2.75, 3.05) is 0 Å². The van der Waals surface area contributed by atoms with E-state index in [0.717, 1.165) is 12.3 Å². The molecule has 0 atom stereocenters. The molecule has 0 unspecified atom stereocenters. The van der Waals surface area contributed by atoms with E-state index in [-0.39, 0.29) is 0 Å². The van der Waals surface area contributed by atoms with Gasteiger partial charge < -0.3 is 4.74 Å². The molecule has 0 saturated heterocycles. The van der Waals surface area contributed by atoms with E-state index in [1.165, 1.54) is 44.3 Å². The van der Waals surface area contributed by atoms with Gasteiger partial charge in [-0.15, -0.1) is 0 Å². The molecule has 4 heterocycles. The number of nitrogens with zero attached hydrogens (tertiary/aromatic N) is 2. The Kier molecular flexibility index (Phi) is 1.48. The molecule has 0 saturated carbocycles. The second kappa shape index (κ2) is 3.03.